The number of hydrogen-bond acceptors (Lipinski definition) is 2. The van der Waals surface area contributed by atoms with Gasteiger partial charge in [0.2, 0.25) is 5.91 Å². The van der Waals surface area contributed by atoms with E-state index in [-0.39, 0.29) is 5.91 Å². The zero-order valence-electron chi connectivity index (χ0n) is 7.00. The first-order valence-corrected chi connectivity index (χ1v) is 4.13. The molecule has 1 aliphatic rings. The quantitative estimate of drug-likeness (QED) is 0.618. The number of aliphatic hydroxyl groups excluding tert-OH is 1. The van der Waals surface area contributed by atoms with Gasteiger partial charge in [0.05, 0.1) is 0 Å². The molecule has 2 N–H and O–H groups in total. The molecule has 1 aliphatic carbocycles. The zero-order chi connectivity index (χ0) is 8.43. The molecule has 11 heavy (non-hydrogen) atoms. The topological polar surface area (TPSA) is 49.3 Å². The molecule has 1 rings (SSSR count). The summed E-state index contributed by atoms with van der Waals surface area (Å²) in [4.78, 5) is 10.9. The summed E-state index contributed by atoms with van der Waals surface area (Å²) in [5.41, 5.74) is 0. The van der Waals surface area contributed by atoms with Gasteiger partial charge in [-0.05, 0) is 19.3 Å². The highest BCUT2D eigenvalue weighted by Gasteiger charge is 2.36. The highest BCUT2D eigenvalue weighted by atomic mass is 16.3. The van der Waals surface area contributed by atoms with E-state index >= 15 is 0 Å². The van der Waals surface area contributed by atoms with Crippen molar-refractivity contribution in [1.29, 1.82) is 0 Å². The van der Waals surface area contributed by atoms with Crippen molar-refractivity contribution >= 4 is 5.91 Å². The molecular weight excluding hydrogens is 142 g/mol. The minimum absolute atomic E-state index is 0.244. The van der Waals surface area contributed by atoms with Crippen LogP contribution in [0.15, 0.2) is 0 Å². The van der Waals surface area contributed by atoms with Gasteiger partial charge in [-0.25, -0.2) is 0 Å². The smallest absolute Gasteiger partial charge is 0.248 e. The van der Waals surface area contributed by atoms with Crippen molar-refractivity contribution in [2.45, 2.75) is 38.8 Å². The summed E-state index contributed by atoms with van der Waals surface area (Å²) in [5.74, 6) is 0.406. The lowest BCUT2D eigenvalue weighted by Gasteiger charge is -2.05. The van der Waals surface area contributed by atoms with Crippen LogP contribution in [0.25, 0.3) is 0 Å². The Bertz CT molecular complexity index is 156. The summed E-state index contributed by atoms with van der Waals surface area (Å²) in [6.07, 6.45) is 1.33. The summed E-state index contributed by atoms with van der Waals surface area (Å²) in [6.45, 7) is 3.60. The summed E-state index contributed by atoms with van der Waals surface area (Å²) in [7, 11) is 0. The Balaban J connectivity index is 2.18. The molecule has 0 heterocycles. The highest BCUT2D eigenvalue weighted by Crippen LogP contribution is 2.32. The third kappa shape index (κ3) is 2.19. The molecule has 0 aromatic carbocycles. The Morgan fingerprint density at radius 3 is 2.82 bits per heavy atom. The lowest BCUT2D eigenvalue weighted by molar-refractivity contribution is -0.128. The van der Waals surface area contributed by atoms with Crippen molar-refractivity contribution in [3.8, 4) is 0 Å². The maximum absolute atomic E-state index is 10.9. The molecule has 1 saturated carbocycles. The fraction of sp³-hybridized carbons (Fsp3) is 0.875. The molecular formula is C8H15NO2. The number of amides is 1. The lowest BCUT2D eigenvalue weighted by Crippen LogP contribution is -2.34. The van der Waals surface area contributed by atoms with Crippen LogP contribution in [0.4, 0.5) is 0 Å². The Kier molecular flexibility index (Phi) is 2.49. The van der Waals surface area contributed by atoms with Crippen LogP contribution in [0, 0.1) is 5.92 Å². The van der Waals surface area contributed by atoms with Crippen molar-refractivity contribution in [3.05, 3.63) is 0 Å². The third-order valence-corrected chi connectivity index (χ3v) is 2.15. The predicted molar refractivity (Wildman–Crippen MR) is 42.0 cm³/mol. The van der Waals surface area contributed by atoms with Crippen molar-refractivity contribution in [3.63, 3.8) is 0 Å². The van der Waals surface area contributed by atoms with Gasteiger partial charge in [-0.1, -0.05) is 13.3 Å². The number of rotatable bonds is 3. The largest absolute Gasteiger partial charge is 0.384 e. The Hall–Kier alpha value is -0.570. The van der Waals surface area contributed by atoms with E-state index in [1.165, 1.54) is 6.92 Å². The normalized spacial score (nSPS) is 31.2. The van der Waals surface area contributed by atoms with Gasteiger partial charge in [-0.15, -0.1) is 0 Å². The van der Waals surface area contributed by atoms with Crippen LogP contribution in [-0.4, -0.2) is 23.2 Å². The summed E-state index contributed by atoms with van der Waals surface area (Å²) < 4.78 is 0. The van der Waals surface area contributed by atoms with E-state index in [0.717, 1.165) is 12.8 Å². The minimum Gasteiger partial charge on any atom is -0.384 e. The van der Waals surface area contributed by atoms with Gasteiger partial charge in [-0.3, -0.25) is 4.79 Å². The van der Waals surface area contributed by atoms with Crippen molar-refractivity contribution in [2.75, 3.05) is 0 Å². The average Bonchev–Trinajstić information content (AvgIpc) is 2.67. The van der Waals surface area contributed by atoms with Crippen LogP contribution in [0.1, 0.15) is 26.7 Å². The fourth-order valence-electron chi connectivity index (χ4n) is 1.18. The van der Waals surface area contributed by atoms with Crippen LogP contribution in [0.2, 0.25) is 0 Å². The number of carbonyl (C=O) groups is 1. The lowest BCUT2D eigenvalue weighted by atomic mass is 10.3. The predicted octanol–water partition coefficient (Wildman–Crippen LogP) is 0.282. The molecule has 64 valence electrons. The van der Waals surface area contributed by atoms with Crippen LogP contribution in [0.5, 0.6) is 0 Å². The molecule has 1 amide bonds. The van der Waals surface area contributed by atoms with Gasteiger partial charge in [0.1, 0.15) is 6.10 Å². The summed E-state index contributed by atoms with van der Waals surface area (Å²) in [6, 6.07) is 0.335. The van der Waals surface area contributed by atoms with Crippen molar-refractivity contribution in [2.24, 2.45) is 5.92 Å². The molecule has 0 aromatic heterocycles. The fourth-order valence-corrected chi connectivity index (χ4v) is 1.18. The standard InChI is InChI=1S/C8H15NO2/c1-3-6-4-7(6)9-8(11)5(2)10/h5-7,10H,3-4H2,1-2H3,(H,9,11)/t5-,6-,7-/m1/s1. The molecule has 0 unspecified atom stereocenters. The van der Waals surface area contributed by atoms with Crippen LogP contribution in [0.3, 0.4) is 0 Å². The maximum Gasteiger partial charge on any atom is 0.248 e. The first kappa shape index (κ1) is 8.53. The third-order valence-electron chi connectivity index (χ3n) is 2.15. The van der Waals surface area contributed by atoms with E-state index in [2.05, 4.69) is 12.2 Å². The number of carbonyl (C=O) groups excluding carboxylic acids is 1. The number of hydrogen-bond donors (Lipinski definition) is 2. The molecule has 0 saturated heterocycles. The van der Waals surface area contributed by atoms with Crippen LogP contribution in [-0.2, 0) is 4.79 Å². The molecule has 0 spiro atoms. The molecule has 3 atom stereocenters. The molecule has 0 radical (unpaired) electrons. The zero-order valence-corrected chi connectivity index (χ0v) is 7.00. The monoisotopic (exact) mass is 157 g/mol. The van der Waals surface area contributed by atoms with E-state index in [4.69, 9.17) is 5.11 Å². The van der Waals surface area contributed by atoms with Gasteiger partial charge >= 0.3 is 0 Å². The minimum atomic E-state index is -0.867. The first-order chi connectivity index (χ1) is 5.15. The summed E-state index contributed by atoms with van der Waals surface area (Å²) >= 11 is 0. The van der Waals surface area contributed by atoms with Gasteiger partial charge in [0, 0.05) is 6.04 Å². The second-order valence-corrected chi connectivity index (χ2v) is 3.20. The average molecular weight is 157 g/mol. The molecule has 3 heteroatoms. The van der Waals surface area contributed by atoms with Gasteiger partial charge in [0.15, 0.2) is 0 Å². The Morgan fingerprint density at radius 1 is 1.82 bits per heavy atom. The first-order valence-electron chi connectivity index (χ1n) is 4.13. The molecule has 1 fully saturated rings. The van der Waals surface area contributed by atoms with Gasteiger partial charge < -0.3 is 10.4 Å². The van der Waals surface area contributed by atoms with E-state index < -0.39 is 6.10 Å². The second-order valence-electron chi connectivity index (χ2n) is 3.20. The van der Waals surface area contributed by atoms with Crippen LogP contribution >= 0.6 is 0 Å². The Labute approximate surface area is 66.8 Å². The van der Waals surface area contributed by atoms with Gasteiger partial charge in [0.25, 0.3) is 0 Å². The van der Waals surface area contributed by atoms with E-state index in [1.807, 2.05) is 0 Å². The highest BCUT2D eigenvalue weighted by molar-refractivity contribution is 5.80. The SMILES string of the molecule is CC[C@@H]1C[C@H]1NC(=O)[C@@H](C)O. The molecule has 0 aromatic rings. The number of aliphatic hydroxyl groups is 1. The molecule has 3 nitrogen and oxygen atoms in total. The maximum atomic E-state index is 10.9. The second kappa shape index (κ2) is 3.22. The van der Waals surface area contributed by atoms with E-state index in [9.17, 15) is 4.79 Å². The van der Waals surface area contributed by atoms with Crippen molar-refractivity contribution in [1.82, 2.24) is 5.32 Å². The Morgan fingerprint density at radius 2 is 2.45 bits per heavy atom. The van der Waals surface area contributed by atoms with Crippen molar-refractivity contribution < 1.29 is 9.90 Å². The van der Waals surface area contributed by atoms with E-state index in [1.54, 1.807) is 0 Å². The van der Waals surface area contributed by atoms with Crippen LogP contribution < -0.4 is 5.32 Å². The van der Waals surface area contributed by atoms with E-state index in [0.29, 0.717) is 12.0 Å². The molecule has 0 aliphatic heterocycles. The van der Waals surface area contributed by atoms with Gasteiger partial charge in [-0.2, -0.15) is 0 Å². The molecule has 0 bridgehead atoms. The summed E-state index contributed by atoms with van der Waals surface area (Å²) in [5, 5.41) is 11.6. The number of nitrogens with one attached hydrogen (secondary N) is 1.